The molecule has 1 heterocycles. The van der Waals surface area contributed by atoms with E-state index in [1.54, 1.807) is 4.68 Å². The monoisotopic (exact) mass is 288 g/mol. The zero-order chi connectivity index (χ0) is 14.4. The first kappa shape index (κ1) is 15.3. The lowest BCUT2D eigenvalue weighted by Gasteiger charge is -2.12. The van der Waals surface area contributed by atoms with Crippen LogP contribution in [0.1, 0.15) is 19.7 Å². The van der Waals surface area contributed by atoms with Crippen molar-refractivity contribution in [2.75, 3.05) is 5.75 Å². The third-order valence-electron chi connectivity index (χ3n) is 2.31. The van der Waals surface area contributed by atoms with Crippen molar-refractivity contribution in [1.82, 2.24) is 20.1 Å². The Hall–Kier alpha value is -1.77. The van der Waals surface area contributed by atoms with Gasteiger partial charge in [0.2, 0.25) is 5.91 Å². The van der Waals surface area contributed by atoms with Crippen LogP contribution in [0.25, 0.3) is 0 Å². The van der Waals surface area contributed by atoms with Crippen LogP contribution in [0.3, 0.4) is 0 Å². The maximum atomic E-state index is 11.9. The minimum Gasteiger partial charge on any atom is -0.480 e. The first-order chi connectivity index (χ1) is 8.93. The quantitative estimate of drug-likeness (QED) is 0.674. The molecule has 19 heavy (non-hydrogen) atoms. The van der Waals surface area contributed by atoms with Gasteiger partial charge in [-0.25, -0.2) is 14.5 Å². The van der Waals surface area contributed by atoms with Crippen molar-refractivity contribution in [1.29, 1.82) is 0 Å². The van der Waals surface area contributed by atoms with Gasteiger partial charge in [-0.1, -0.05) is 0 Å². The number of carboxylic acids is 1. The average Bonchev–Trinajstić information content (AvgIpc) is 2.74. The maximum Gasteiger partial charge on any atom is 0.327 e. The number of carbonyl (C=O) groups excluding carboxylic acids is 1. The van der Waals surface area contributed by atoms with Crippen LogP contribution in [0, 0.1) is 0 Å². The summed E-state index contributed by atoms with van der Waals surface area (Å²) in [6, 6.07) is -1.16. The molecule has 9 heteroatoms. The van der Waals surface area contributed by atoms with Gasteiger partial charge < -0.3 is 10.4 Å². The molecular weight excluding hydrogens is 272 g/mol. The highest BCUT2D eigenvalue weighted by atomic mass is 32.2. The number of aromatic nitrogens is 3. The van der Waals surface area contributed by atoms with Gasteiger partial charge in [-0.2, -0.15) is 5.10 Å². The van der Waals surface area contributed by atoms with Crippen LogP contribution in [0.5, 0.6) is 0 Å². The predicted octanol–water partition coefficient (Wildman–Crippen LogP) is -0.864. The van der Waals surface area contributed by atoms with Crippen molar-refractivity contribution < 1.29 is 18.9 Å². The molecule has 2 N–H and O–H groups in total. The fourth-order valence-electron chi connectivity index (χ4n) is 1.47. The third kappa shape index (κ3) is 4.78. The Bertz CT molecular complexity index is 488. The summed E-state index contributed by atoms with van der Waals surface area (Å²) in [5.41, 5.74) is 0. The van der Waals surface area contributed by atoms with Crippen LogP contribution < -0.4 is 5.32 Å². The van der Waals surface area contributed by atoms with E-state index in [2.05, 4.69) is 15.4 Å². The van der Waals surface area contributed by atoms with E-state index in [9.17, 15) is 13.8 Å². The third-order valence-corrected chi connectivity index (χ3v) is 3.60. The van der Waals surface area contributed by atoms with Crippen molar-refractivity contribution in [3.05, 3.63) is 12.2 Å². The number of aryl methyl sites for hydroxylation is 1. The van der Waals surface area contributed by atoms with Crippen molar-refractivity contribution in [3.63, 3.8) is 0 Å². The number of carbonyl (C=O) groups is 2. The van der Waals surface area contributed by atoms with Gasteiger partial charge in [0, 0.05) is 24.3 Å². The molecule has 0 saturated carbocycles. The molecule has 0 aliphatic heterocycles. The minimum absolute atomic E-state index is 0.108. The SMILES string of the molecule is CCn1ncnc1CS(=O)C[C@H](NC(C)=O)C(=O)O. The highest BCUT2D eigenvalue weighted by Crippen LogP contribution is 2.01. The van der Waals surface area contributed by atoms with Crippen molar-refractivity contribution in [2.24, 2.45) is 0 Å². The van der Waals surface area contributed by atoms with Crippen molar-refractivity contribution in [3.8, 4) is 0 Å². The van der Waals surface area contributed by atoms with E-state index in [1.807, 2.05) is 6.92 Å². The second-order valence-electron chi connectivity index (χ2n) is 3.83. The summed E-state index contributed by atoms with van der Waals surface area (Å²) in [5.74, 6) is -1.20. The van der Waals surface area contributed by atoms with Crippen LogP contribution in [-0.4, -0.2) is 47.8 Å². The molecule has 1 aromatic rings. The van der Waals surface area contributed by atoms with E-state index in [0.717, 1.165) is 0 Å². The number of hydrogen-bond donors (Lipinski definition) is 2. The summed E-state index contributed by atoms with van der Waals surface area (Å²) in [6.45, 7) is 3.69. The molecule has 0 saturated heterocycles. The lowest BCUT2D eigenvalue weighted by molar-refractivity contribution is -0.140. The molecule has 0 bridgehead atoms. The van der Waals surface area contributed by atoms with E-state index < -0.39 is 28.7 Å². The van der Waals surface area contributed by atoms with Gasteiger partial charge in [0.25, 0.3) is 0 Å². The first-order valence-corrected chi connectivity index (χ1v) is 7.14. The number of carboxylic acid groups (broad SMARTS) is 1. The van der Waals surface area contributed by atoms with Crippen LogP contribution in [0.4, 0.5) is 0 Å². The average molecular weight is 288 g/mol. The molecule has 0 spiro atoms. The topological polar surface area (TPSA) is 114 Å². The van der Waals surface area contributed by atoms with Gasteiger partial charge in [-0.3, -0.25) is 9.00 Å². The van der Waals surface area contributed by atoms with Gasteiger partial charge in [0.15, 0.2) is 0 Å². The Morgan fingerprint density at radius 2 is 2.26 bits per heavy atom. The van der Waals surface area contributed by atoms with Crippen LogP contribution in [-0.2, 0) is 32.7 Å². The highest BCUT2D eigenvalue weighted by Gasteiger charge is 2.22. The summed E-state index contributed by atoms with van der Waals surface area (Å²) in [4.78, 5) is 25.7. The molecule has 0 fully saturated rings. The van der Waals surface area contributed by atoms with Gasteiger partial charge >= 0.3 is 5.97 Å². The normalized spacial score (nSPS) is 13.8. The van der Waals surface area contributed by atoms with Gasteiger partial charge in [-0.15, -0.1) is 0 Å². The number of hydrogen-bond acceptors (Lipinski definition) is 5. The number of rotatable bonds is 7. The van der Waals surface area contributed by atoms with Gasteiger partial charge in [0.05, 0.1) is 11.5 Å². The second-order valence-corrected chi connectivity index (χ2v) is 5.34. The molecule has 0 aliphatic carbocycles. The van der Waals surface area contributed by atoms with Crippen molar-refractivity contribution >= 4 is 22.7 Å². The molecule has 1 aromatic heterocycles. The Morgan fingerprint density at radius 3 is 2.79 bits per heavy atom. The minimum atomic E-state index is -1.45. The molecule has 8 nitrogen and oxygen atoms in total. The Balaban J connectivity index is 2.62. The number of aliphatic carboxylic acids is 1. The van der Waals surface area contributed by atoms with E-state index in [-0.39, 0.29) is 11.5 Å². The molecule has 1 unspecified atom stereocenters. The summed E-state index contributed by atoms with van der Waals surface area (Å²) < 4.78 is 13.5. The van der Waals surface area contributed by atoms with Crippen LogP contribution in [0.15, 0.2) is 6.33 Å². The molecule has 0 radical (unpaired) electrons. The molecule has 0 aromatic carbocycles. The fourth-order valence-corrected chi connectivity index (χ4v) is 2.70. The van der Waals surface area contributed by atoms with Crippen LogP contribution >= 0.6 is 0 Å². The Morgan fingerprint density at radius 1 is 1.58 bits per heavy atom. The molecule has 2 atom stereocenters. The lowest BCUT2D eigenvalue weighted by Crippen LogP contribution is -2.43. The highest BCUT2D eigenvalue weighted by molar-refractivity contribution is 7.84. The predicted molar refractivity (Wildman–Crippen MR) is 67.6 cm³/mol. The zero-order valence-electron chi connectivity index (χ0n) is 10.7. The Kier molecular flexibility index (Phi) is 5.61. The lowest BCUT2D eigenvalue weighted by atomic mass is 10.3. The number of nitrogens with one attached hydrogen (secondary N) is 1. The summed E-state index contributed by atoms with van der Waals surface area (Å²) in [5, 5.41) is 15.1. The molecule has 1 rings (SSSR count). The fraction of sp³-hybridized carbons (Fsp3) is 0.600. The smallest absolute Gasteiger partial charge is 0.327 e. The summed E-state index contributed by atoms with van der Waals surface area (Å²) >= 11 is 0. The largest absolute Gasteiger partial charge is 0.480 e. The molecule has 106 valence electrons. The van der Waals surface area contributed by atoms with Gasteiger partial charge in [0.1, 0.15) is 18.2 Å². The standard InChI is InChI=1S/C10H16N4O4S/c1-3-14-9(11-6-12-14)5-19(18)4-8(10(16)17)13-7(2)15/h6,8H,3-5H2,1-2H3,(H,13,15)(H,16,17)/t8-,19?/m0/s1. The molecule has 0 aliphatic rings. The second kappa shape index (κ2) is 6.98. The summed E-state index contributed by atoms with van der Waals surface area (Å²) in [6.07, 6.45) is 1.36. The number of nitrogens with zero attached hydrogens (tertiary/aromatic N) is 3. The van der Waals surface area contributed by atoms with E-state index in [1.165, 1.54) is 13.3 Å². The molecular formula is C10H16N4O4S. The molecule has 1 amide bonds. The van der Waals surface area contributed by atoms with Crippen molar-refractivity contribution in [2.45, 2.75) is 32.2 Å². The Labute approximate surface area is 112 Å². The number of amides is 1. The summed E-state index contributed by atoms with van der Waals surface area (Å²) in [7, 11) is -1.45. The van der Waals surface area contributed by atoms with E-state index >= 15 is 0 Å². The first-order valence-electron chi connectivity index (χ1n) is 5.65. The van der Waals surface area contributed by atoms with Gasteiger partial charge in [-0.05, 0) is 6.92 Å². The van der Waals surface area contributed by atoms with E-state index in [4.69, 9.17) is 5.11 Å². The zero-order valence-corrected chi connectivity index (χ0v) is 11.5. The van der Waals surface area contributed by atoms with Crippen LogP contribution in [0.2, 0.25) is 0 Å². The van der Waals surface area contributed by atoms with E-state index in [0.29, 0.717) is 12.4 Å². The maximum absolute atomic E-state index is 11.9.